The van der Waals surface area contributed by atoms with Gasteiger partial charge < -0.3 is 18.7 Å². The summed E-state index contributed by atoms with van der Waals surface area (Å²) in [7, 11) is 0. The number of ether oxygens (including phenoxy) is 3. The number of hydrogen-bond donors (Lipinski definition) is 0. The summed E-state index contributed by atoms with van der Waals surface area (Å²) in [6, 6.07) is 10.2. The van der Waals surface area contributed by atoms with Crippen LogP contribution in [0.3, 0.4) is 0 Å². The molecule has 0 N–H and O–H groups in total. The molecule has 32 heavy (non-hydrogen) atoms. The Morgan fingerprint density at radius 2 is 1.94 bits per heavy atom. The first kappa shape index (κ1) is 21.8. The monoisotopic (exact) mass is 438 g/mol. The molecule has 1 unspecified atom stereocenters. The fourth-order valence-corrected chi connectivity index (χ4v) is 3.80. The summed E-state index contributed by atoms with van der Waals surface area (Å²) in [4.78, 5) is 25.1. The van der Waals surface area contributed by atoms with Crippen LogP contribution in [0.2, 0.25) is 0 Å². The van der Waals surface area contributed by atoms with Gasteiger partial charge >= 0.3 is 5.97 Å². The lowest BCUT2D eigenvalue weighted by atomic mass is 10.1. The predicted molar refractivity (Wildman–Crippen MR) is 116 cm³/mol. The fraction of sp³-hybridized carbons (Fsp3) is 0.375. The summed E-state index contributed by atoms with van der Waals surface area (Å²) in [5.41, 5.74) is 2.38. The molecule has 0 amide bonds. The molecule has 1 aromatic carbocycles. The zero-order valence-electron chi connectivity index (χ0n) is 18.4. The number of carbonyl (C=O) groups excluding carboxylic acids is 2. The maximum Gasteiger partial charge on any atom is 0.338 e. The quantitative estimate of drug-likeness (QED) is 0.388. The second-order valence-corrected chi connectivity index (χ2v) is 7.89. The van der Waals surface area contributed by atoms with Crippen LogP contribution in [-0.4, -0.2) is 47.4 Å². The molecule has 3 aromatic rings. The van der Waals surface area contributed by atoms with Gasteiger partial charge in [-0.05, 0) is 63.9 Å². The van der Waals surface area contributed by atoms with Crippen LogP contribution >= 0.6 is 0 Å². The van der Waals surface area contributed by atoms with Gasteiger partial charge in [0.25, 0.3) is 0 Å². The van der Waals surface area contributed by atoms with E-state index in [0.717, 1.165) is 25.1 Å². The van der Waals surface area contributed by atoms with E-state index in [1.807, 2.05) is 18.4 Å². The highest BCUT2D eigenvalue weighted by molar-refractivity contribution is 6.00. The Hall–Kier alpha value is -3.39. The van der Waals surface area contributed by atoms with Crippen LogP contribution in [0.5, 0.6) is 5.75 Å². The van der Waals surface area contributed by atoms with E-state index in [0.29, 0.717) is 40.8 Å². The molecule has 1 aliphatic heterocycles. The van der Waals surface area contributed by atoms with Crippen LogP contribution in [0.15, 0.2) is 40.9 Å². The van der Waals surface area contributed by atoms with Gasteiger partial charge in [-0.1, -0.05) is 5.16 Å². The predicted octanol–water partition coefficient (Wildman–Crippen LogP) is 3.99. The van der Waals surface area contributed by atoms with E-state index < -0.39 is 5.97 Å². The first-order valence-corrected chi connectivity index (χ1v) is 10.6. The molecule has 3 heterocycles. The molecule has 1 aliphatic rings. The zero-order chi connectivity index (χ0) is 22.7. The van der Waals surface area contributed by atoms with Gasteiger partial charge in [-0.3, -0.25) is 9.36 Å². The van der Waals surface area contributed by atoms with Crippen molar-refractivity contribution in [3.63, 3.8) is 0 Å². The van der Waals surface area contributed by atoms with Crippen LogP contribution < -0.4 is 4.74 Å². The minimum atomic E-state index is -0.565. The Bertz CT molecular complexity index is 1110. The Balaban J connectivity index is 1.34. The van der Waals surface area contributed by atoms with Crippen molar-refractivity contribution < 1.29 is 28.3 Å². The lowest BCUT2D eigenvalue weighted by molar-refractivity contribution is 0.0474. The third kappa shape index (κ3) is 4.75. The molecule has 0 aliphatic carbocycles. The highest BCUT2D eigenvalue weighted by atomic mass is 16.5. The van der Waals surface area contributed by atoms with Crippen molar-refractivity contribution in [2.75, 3.05) is 19.8 Å². The number of esters is 1. The van der Waals surface area contributed by atoms with Gasteiger partial charge in [-0.15, -0.1) is 0 Å². The summed E-state index contributed by atoms with van der Waals surface area (Å²) in [5, 5.41) is 4.01. The van der Waals surface area contributed by atoms with E-state index in [-0.39, 0.29) is 18.5 Å². The van der Waals surface area contributed by atoms with Crippen LogP contribution in [0.1, 0.15) is 50.7 Å². The number of carbonyl (C=O) groups is 2. The van der Waals surface area contributed by atoms with E-state index in [4.69, 9.17) is 18.7 Å². The molecular weight excluding hydrogens is 412 g/mol. The smallest absolute Gasteiger partial charge is 0.338 e. The molecule has 0 spiro atoms. The van der Waals surface area contributed by atoms with Crippen molar-refractivity contribution >= 4 is 11.8 Å². The van der Waals surface area contributed by atoms with E-state index >= 15 is 0 Å². The number of aryl methyl sites for hydroxylation is 2. The highest BCUT2D eigenvalue weighted by Crippen LogP contribution is 2.22. The molecule has 0 saturated carbocycles. The molecule has 8 nitrogen and oxygen atoms in total. The maximum absolute atomic E-state index is 12.7. The maximum atomic E-state index is 12.7. The van der Waals surface area contributed by atoms with Gasteiger partial charge in [0.2, 0.25) is 5.78 Å². The molecule has 1 fully saturated rings. The highest BCUT2D eigenvalue weighted by Gasteiger charge is 2.20. The number of aromatic nitrogens is 2. The molecular formula is C24H26N2O6. The van der Waals surface area contributed by atoms with Crippen molar-refractivity contribution in [1.82, 2.24) is 9.72 Å². The number of Topliss-reactive ketones (excluding diaryl/α,β-unsaturated/α-hetero) is 1. The number of rotatable bonds is 8. The van der Waals surface area contributed by atoms with E-state index in [2.05, 4.69) is 5.16 Å². The summed E-state index contributed by atoms with van der Waals surface area (Å²) < 4.78 is 23.4. The summed E-state index contributed by atoms with van der Waals surface area (Å²) in [5.74, 6) is 1.09. The molecule has 4 rings (SSSR count). The van der Waals surface area contributed by atoms with E-state index in [1.165, 1.54) is 0 Å². The van der Waals surface area contributed by atoms with Crippen molar-refractivity contribution in [2.45, 2.75) is 39.7 Å². The van der Waals surface area contributed by atoms with Crippen LogP contribution in [0.4, 0.5) is 0 Å². The van der Waals surface area contributed by atoms with Gasteiger partial charge in [0.05, 0.1) is 11.7 Å². The van der Waals surface area contributed by atoms with Crippen LogP contribution in [0, 0.1) is 20.8 Å². The largest absolute Gasteiger partial charge is 0.491 e. The third-order valence-corrected chi connectivity index (χ3v) is 5.46. The molecule has 8 heteroatoms. The first-order chi connectivity index (χ1) is 15.4. The van der Waals surface area contributed by atoms with Crippen molar-refractivity contribution in [1.29, 1.82) is 0 Å². The Morgan fingerprint density at radius 3 is 2.59 bits per heavy atom. The second kappa shape index (κ2) is 9.40. The number of nitrogens with zero attached hydrogens (tertiary/aromatic N) is 2. The molecule has 0 bridgehead atoms. The van der Waals surface area contributed by atoms with Crippen molar-refractivity contribution in [3.8, 4) is 11.6 Å². The first-order valence-electron chi connectivity index (χ1n) is 10.6. The lowest BCUT2D eigenvalue weighted by Crippen LogP contribution is -2.16. The van der Waals surface area contributed by atoms with Gasteiger partial charge in [0, 0.05) is 29.6 Å². The standard InChI is InChI=1S/C24H26N2O6/c1-15-11-21(17(3)26(15)23-12-16(2)32-25-23)22(27)14-31-24(28)18-6-8-19(9-7-18)30-13-20-5-4-10-29-20/h6-9,11-12,20H,4-5,10,13-14H2,1-3H3. The zero-order valence-corrected chi connectivity index (χ0v) is 18.4. The molecule has 1 saturated heterocycles. The summed E-state index contributed by atoms with van der Waals surface area (Å²) in [6.45, 7) is 6.42. The third-order valence-electron chi connectivity index (χ3n) is 5.46. The molecule has 168 valence electrons. The number of hydrogen-bond acceptors (Lipinski definition) is 7. The Kier molecular flexibility index (Phi) is 6.41. The van der Waals surface area contributed by atoms with Crippen LogP contribution in [-0.2, 0) is 9.47 Å². The number of benzene rings is 1. The van der Waals surface area contributed by atoms with E-state index in [1.54, 1.807) is 43.3 Å². The van der Waals surface area contributed by atoms with Crippen LogP contribution in [0.25, 0.3) is 5.82 Å². The molecule has 1 atom stereocenters. The van der Waals surface area contributed by atoms with Gasteiger partial charge in [0.15, 0.2) is 12.4 Å². The minimum absolute atomic E-state index is 0.126. The van der Waals surface area contributed by atoms with E-state index in [9.17, 15) is 9.59 Å². The van der Waals surface area contributed by atoms with Crippen molar-refractivity contribution in [2.24, 2.45) is 0 Å². The number of ketones is 1. The fourth-order valence-electron chi connectivity index (χ4n) is 3.80. The Morgan fingerprint density at radius 1 is 1.16 bits per heavy atom. The summed E-state index contributed by atoms with van der Waals surface area (Å²) >= 11 is 0. The van der Waals surface area contributed by atoms with Gasteiger partial charge in [-0.25, -0.2) is 4.79 Å². The lowest BCUT2D eigenvalue weighted by Gasteiger charge is -2.11. The van der Waals surface area contributed by atoms with Gasteiger partial charge in [-0.2, -0.15) is 0 Å². The van der Waals surface area contributed by atoms with Gasteiger partial charge in [0.1, 0.15) is 18.1 Å². The Labute approximate surface area is 186 Å². The molecule has 0 radical (unpaired) electrons. The SMILES string of the molecule is Cc1cc(-n2c(C)cc(C(=O)COC(=O)c3ccc(OCC4CCCO4)cc3)c2C)no1. The van der Waals surface area contributed by atoms with Crippen molar-refractivity contribution in [3.05, 3.63) is 64.7 Å². The summed E-state index contributed by atoms with van der Waals surface area (Å²) in [6.07, 6.45) is 2.18. The minimum Gasteiger partial charge on any atom is -0.491 e. The normalized spacial score (nSPS) is 15.7. The second-order valence-electron chi connectivity index (χ2n) is 7.89. The molecule has 2 aromatic heterocycles. The topological polar surface area (TPSA) is 92.8 Å². The average Bonchev–Trinajstić information content (AvgIpc) is 3.52. The average molecular weight is 438 g/mol.